The summed E-state index contributed by atoms with van der Waals surface area (Å²) in [5.74, 6) is -0.0752. The first-order valence-corrected chi connectivity index (χ1v) is 6.83. The molecule has 2 aliphatic heterocycles. The molecule has 2 aliphatic rings. The molecule has 5 nitrogen and oxygen atoms in total. The van der Waals surface area contributed by atoms with Crippen molar-refractivity contribution in [3.63, 3.8) is 0 Å². The molecular weight excluding hydrogens is 252 g/mol. The van der Waals surface area contributed by atoms with Gasteiger partial charge in [0.25, 0.3) is 0 Å². The van der Waals surface area contributed by atoms with Gasteiger partial charge in [0, 0.05) is 26.4 Å². The first-order valence-electron chi connectivity index (χ1n) is 6.43. The summed E-state index contributed by atoms with van der Waals surface area (Å²) in [5.41, 5.74) is 5.04. The van der Waals surface area contributed by atoms with Crippen molar-refractivity contribution < 1.29 is 14.3 Å². The second-order valence-corrected chi connectivity index (χ2v) is 5.34. The molecule has 2 rings (SSSR count). The molecule has 0 aliphatic carbocycles. The summed E-state index contributed by atoms with van der Waals surface area (Å²) >= 11 is 5.08. The van der Waals surface area contributed by atoms with Crippen LogP contribution in [0.5, 0.6) is 0 Å². The predicted molar refractivity (Wildman–Crippen MR) is 71.3 cm³/mol. The summed E-state index contributed by atoms with van der Waals surface area (Å²) in [4.78, 5) is 12.6. The Morgan fingerprint density at radius 3 is 2.67 bits per heavy atom. The van der Waals surface area contributed by atoms with Crippen molar-refractivity contribution in [3.8, 4) is 0 Å². The summed E-state index contributed by atoms with van der Waals surface area (Å²) in [7, 11) is 0. The highest BCUT2D eigenvalue weighted by atomic mass is 32.1. The van der Waals surface area contributed by atoms with Crippen molar-refractivity contribution in [2.24, 2.45) is 11.1 Å². The Labute approximate surface area is 112 Å². The van der Waals surface area contributed by atoms with E-state index in [1.54, 1.807) is 0 Å². The van der Waals surface area contributed by atoms with E-state index in [0.717, 1.165) is 19.4 Å². The largest absolute Gasteiger partial charge is 0.392 e. The molecule has 1 unspecified atom stereocenters. The molecule has 1 atom stereocenters. The zero-order valence-electron chi connectivity index (χ0n) is 10.4. The van der Waals surface area contributed by atoms with Gasteiger partial charge in [0.15, 0.2) is 0 Å². The summed E-state index contributed by atoms with van der Waals surface area (Å²) in [6.45, 7) is 2.40. The van der Waals surface area contributed by atoms with Gasteiger partial charge in [-0.2, -0.15) is 0 Å². The molecule has 0 aromatic rings. The third-order valence-corrected chi connectivity index (χ3v) is 4.16. The Hall–Kier alpha value is -0.720. The minimum absolute atomic E-state index is 0.0752. The van der Waals surface area contributed by atoms with Crippen LogP contribution in [0, 0.1) is 5.41 Å². The van der Waals surface area contributed by atoms with Gasteiger partial charge in [0.2, 0.25) is 5.91 Å². The Bertz CT molecular complexity index is 323. The van der Waals surface area contributed by atoms with Gasteiger partial charge in [-0.15, -0.1) is 0 Å². The smallest absolute Gasteiger partial charge is 0.233 e. The van der Waals surface area contributed by atoms with Crippen LogP contribution in [-0.2, 0) is 14.3 Å². The molecule has 2 heterocycles. The van der Waals surface area contributed by atoms with Crippen LogP contribution in [0.25, 0.3) is 0 Å². The number of rotatable bonds is 4. The van der Waals surface area contributed by atoms with Crippen LogP contribution < -0.4 is 11.1 Å². The molecule has 18 heavy (non-hydrogen) atoms. The van der Waals surface area contributed by atoms with Gasteiger partial charge < -0.3 is 20.5 Å². The van der Waals surface area contributed by atoms with Gasteiger partial charge in [-0.3, -0.25) is 4.79 Å². The van der Waals surface area contributed by atoms with E-state index in [0.29, 0.717) is 32.6 Å². The van der Waals surface area contributed by atoms with Gasteiger partial charge in [-0.25, -0.2) is 0 Å². The van der Waals surface area contributed by atoms with E-state index in [1.165, 1.54) is 0 Å². The number of nitrogens with one attached hydrogen (secondary N) is 1. The van der Waals surface area contributed by atoms with Crippen LogP contribution in [0.4, 0.5) is 0 Å². The van der Waals surface area contributed by atoms with E-state index in [2.05, 4.69) is 5.32 Å². The molecular formula is C12H20N2O3S. The van der Waals surface area contributed by atoms with E-state index in [-0.39, 0.29) is 17.0 Å². The van der Waals surface area contributed by atoms with Gasteiger partial charge in [0.05, 0.1) is 11.1 Å². The Balaban J connectivity index is 1.93. The SMILES string of the molecule is NC(=S)C1(C(=O)NCC2CCCO2)CCOCC1. The second kappa shape index (κ2) is 5.95. The van der Waals surface area contributed by atoms with Crippen molar-refractivity contribution in [3.05, 3.63) is 0 Å². The van der Waals surface area contributed by atoms with Gasteiger partial charge in [-0.1, -0.05) is 12.2 Å². The fourth-order valence-corrected chi connectivity index (χ4v) is 2.78. The van der Waals surface area contributed by atoms with Crippen molar-refractivity contribution in [1.82, 2.24) is 5.32 Å². The molecule has 0 saturated carbocycles. The fourth-order valence-electron chi connectivity index (χ4n) is 2.49. The molecule has 0 aromatic carbocycles. The number of hydrogen-bond acceptors (Lipinski definition) is 4. The molecule has 3 N–H and O–H groups in total. The summed E-state index contributed by atoms with van der Waals surface area (Å²) in [5, 5.41) is 2.93. The van der Waals surface area contributed by atoms with E-state index >= 15 is 0 Å². The second-order valence-electron chi connectivity index (χ2n) is 4.90. The zero-order valence-corrected chi connectivity index (χ0v) is 11.3. The maximum Gasteiger partial charge on any atom is 0.233 e. The molecule has 0 radical (unpaired) electrons. The number of thiocarbonyl (C=S) groups is 1. The lowest BCUT2D eigenvalue weighted by Gasteiger charge is -2.34. The average Bonchev–Trinajstić information content (AvgIpc) is 2.89. The summed E-state index contributed by atoms with van der Waals surface area (Å²) in [6, 6.07) is 0. The quantitative estimate of drug-likeness (QED) is 0.723. The number of nitrogens with two attached hydrogens (primary N) is 1. The predicted octanol–water partition coefficient (Wildman–Crippen LogP) is 0.364. The lowest BCUT2D eigenvalue weighted by Crippen LogP contribution is -2.52. The van der Waals surface area contributed by atoms with Crippen molar-refractivity contribution >= 4 is 23.1 Å². The summed E-state index contributed by atoms with van der Waals surface area (Å²) < 4.78 is 10.8. The van der Waals surface area contributed by atoms with Crippen molar-refractivity contribution in [1.29, 1.82) is 0 Å². The molecule has 6 heteroatoms. The van der Waals surface area contributed by atoms with E-state index in [4.69, 9.17) is 27.4 Å². The highest BCUT2D eigenvalue weighted by molar-refractivity contribution is 7.80. The highest BCUT2D eigenvalue weighted by Gasteiger charge is 2.43. The number of hydrogen-bond donors (Lipinski definition) is 2. The minimum Gasteiger partial charge on any atom is -0.392 e. The lowest BCUT2D eigenvalue weighted by molar-refractivity contribution is -0.131. The van der Waals surface area contributed by atoms with E-state index in [1.807, 2.05) is 0 Å². The van der Waals surface area contributed by atoms with Crippen molar-refractivity contribution in [2.75, 3.05) is 26.4 Å². The van der Waals surface area contributed by atoms with Crippen LogP contribution in [0.3, 0.4) is 0 Å². The zero-order chi connectivity index (χ0) is 13.0. The van der Waals surface area contributed by atoms with Crippen LogP contribution >= 0.6 is 12.2 Å². The van der Waals surface area contributed by atoms with Gasteiger partial charge in [0.1, 0.15) is 5.41 Å². The van der Waals surface area contributed by atoms with Crippen LogP contribution in [-0.4, -0.2) is 43.4 Å². The minimum atomic E-state index is -0.730. The maximum absolute atomic E-state index is 12.3. The summed E-state index contributed by atoms with van der Waals surface area (Å²) in [6.07, 6.45) is 3.34. The van der Waals surface area contributed by atoms with Crippen molar-refractivity contribution in [2.45, 2.75) is 31.8 Å². The highest BCUT2D eigenvalue weighted by Crippen LogP contribution is 2.31. The lowest BCUT2D eigenvalue weighted by atomic mass is 9.79. The van der Waals surface area contributed by atoms with Gasteiger partial charge >= 0.3 is 0 Å². The Morgan fingerprint density at radius 2 is 2.11 bits per heavy atom. The standard InChI is InChI=1S/C12H20N2O3S/c13-10(18)12(3-6-16-7-4-12)11(15)14-8-9-2-1-5-17-9/h9H,1-8H2,(H2,13,18)(H,14,15). The molecule has 0 bridgehead atoms. The van der Waals surface area contributed by atoms with E-state index in [9.17, 15) is 4.79 Å². The van der Waals surface area contributed by atoms with Crippen LogP contribution in [0.15, 0.2) is 0 Å². The van der Waals surface area contributed by atoms with Crippen LogP contribution in [0.2, 0.25) is 0 Å². The molecule has 0 aromatic heterocycles. The Morgan fingerprint density at radius 1 is 1.39 bits per heavy atom. The van der Waals surface area contributed by atoms with E-state index < -0.39 is 5.41 Å². The molecule has 2 saturated heterocycles. The topological polar surface area (TPSA) is 73.6 Å². The van der Waals surface area contributed by atoms with Crippen LogP contribution in [0.1, 0.15) is 25.7 Å². The maximum atomic E-state index is 12.3. The first-order chi connectivity index (χ1) is 8.65. The Kier molecular flexibility index (Phi) is 4.53. The van der Waals surface area contributed by atoms with Gasteiger partial charge in [-0.05, 0) is 25.7 Å². The molecule has 1 amide bonds. The monoisotopic (exact) mass is 272 g/mol. The third kappa shape index (κ3) is 2.81. The fraction of sp³-hybridized carbons (Fsp3) is 0.833. The average molecular weight is 272 g/mol. The first kappa shape index (κ1) is 13.7. The normalized spacial score (nSPS) is 26.8. The third-order valence-electron chi connectivity index (χ3n) is 3.77. The molecule has 0 spiro atoms. The molecule has 102 valence electrons. The number of carbonyl (C=O) groups is 1. The molecule has 2 fully saturated rings. The number of ether oxygens (including phenoxy) is 2. The number of carbonyl (C=O) groups excluding carboxylic acids is 1. The number of amides is 1.